The summed E-state index contributed by atoms with van der Waals surface area (Å²) in [5, 5.41) is 11.2. The lowest BCUT2D eigenvalue weighted by Gasteiger charge is -2.31. The first-order chi connectivity index (χ1) is 9.65. The summed E-state index contributed by atoms with van der Waals surface area (Å²) in [5.74, 6) is 0.647. The molecular weight excluding hydrogens is 320 g/mol. The fourth-order valence-corrected chi connectivity index (χ4v) is 3.10. The predicted octanol–water partition coefficient (Wildman–Crippen LogP) is 1.97. The van der Waals surface area contributed by atoms with Gasteiger partial charge in [-0.1, -0.05) is 0 Å². The summed E-state index contributed by atoms with van der Waals surface area (Å²) >= 11 is 3.43. The molecule has 2 unspecified atom stereocenters. The van der Waals surface area contributed by atoms with Crippen LogP contribution in [0.15, 0.2) is 15.5 Å². The van der Waals surface area contributed by atoms with Crippen molar-refractivity contribution in [3.63, 3.8) is 0 Å². The highest BCUT2D eigenvalue weighted by atomic mass is 79.9. The van der Waals surface area contributed by atoms with Gasteiger partial charge in [-0.2, -0.15) is 5.10 Å². The van der Waals surface area contributed by atoms with Gasteiger partial charge in [-0.05, 0) is 61.0 Å². The average molecular weight is 341 g/mol. The van der Waals surface area contributed by atoms with Crippen molar-refractivity contribution < 1.29 is 0 Å². The van der Waals surface area contributed by atoms with E-state index in [-0.39, 0.29) is 5.56 Å². The van der Waals surface area contributed by atoms with Crippen LogP contribution in [0.4, 0.5) is 5.69 Å². The summed E-state index contributed by atoms with van der Waals surface area (Å²) in [7, 11) is 0. The predicted molar refractivity (Wildman–Crippen MR) is 83.0 cm³/mol. The van der Waals surface area contributed by atoms with Crippen molar-refractivity contribution in [1.82, 2.24) is 15.1 Å². The Morgan fingerprint density at radius 3 is 3.00 bits per heavy atom. The zero-order chi connectivity index (χ0) is 14.1. The summed E-state index contributed by atoms with van der Waals surface area (Å²) in [6.45, 7) is 3.99. The molecule has 1 aromatic heterocycles. The van der Waals surface area contributed by atoms with E-state index >= 15 is 0 Å². The maximum absolute atomic E-state index is 12.3. The van der Waals surface area contributed by atoms with Gasteiger partial charge in [0.1, 0.15) is 4.47 Å². The van der Waals surface area contributed by atoms with Crippen LogP contribution < -0.4 is 16.2 Å². The average Bonchev–Trinajstić information content (AvgIpc) is 3.25. The maximum Gasteiger partial charge on any atom is 0.283 e. The minimum atomic E-state index is -0.0293. The van der Waals surface area contributed by atoms with Gasteiger partial charge >= 0.3 is 0 Å². The fourth-order valence-electron chi connectivity index (χ4n) is 2.68. The highest BCUT2D eigenvalue weighted by Gasteiger charge is 2.25. The third-order valence-corrected chi connectivity index (χ3v) is 4.98. The Morgan fingerprint density at radius 2 is 2.30 bits per heavy atom. The lowest BCUT2D eigenvalue weighted by molar-refractivity contribution is 0.389. The van der Waals surface area contributed by atoms with Gasteiger partial charge in [0, 0.05) is 18.6 Å². The van der Waals surface area contributed by atoms with Gasteiger partial charge in [0.25, 0.3) is 5.56 Å². The number of nitrogens with zero attached hydrogens (tertiary/aromatic N) is 2. The smallest absolute Gasteiger partial charge is 0.283 e. The zero-order valence-electron chi connectivity index (χ0n) is 11.7. The molecule has 1 aromatic rings. The van der Waals surface area contributed by atoms with Crippen LogP contribution in [0.1, 0.15) is 32.6 Å². The minimum Gasteiger partial charge on any atom is -0.378 e. The Kier molecular flexibility index (Phi) is 4.12. The van der Waals surface area contributed by atoms with E-state index in [4.69, 9.17) is 0 Å². The van der Waals surface area contributed by atoms with Gasteiger partial charge in [-0.25, -0.2) is 4.68 Å². The topological polar surface area (TPSA) is 59.0 Å². The SMILES string of the molecule is CC1NCCCC1Nc1cnn(CC2CC2)c(=O)c1Br. The Bertz CT molecular complexity index is 540. The van der Waals surface area contributed by atoms with Gasteiger partial charge in [-0.15, -0.1) is 0 Å². The number of rotatable bonds is 4. The van der Waals surface area contributed by atoms with E-state index in [9.17, 15) is 4.79 Å². The van der Waals surface area contributed by atoms with Crippen molar-refractivity contribution in [1.29, 1.82) is 0 Å². The number of halogens is 1. The molecular formula is C14H21BrN4O. The largest absolute Gasteiger partial charge is 0.378 e. The molecule has 2 atom stereocenters. The van der Waals surface area contributed by atoms with Crippen molar-refractivity contribution in [2.75, 3.05) is 11.9 Å². The molecule has 20 heavy (non-hydrogen) atoms. The number of piperidine rings is 1. The normalized spacial score (nSPS) is 26.5. The van der Waals surface area contributed by atoms with E-state index in [0.29, 0.717) is 22.5 Å². The van der Waals surface area contributed by atoms with Gasteiger partial charge in [0.05, 0.1) is 11.9 Å². The van der Waals surface area contributed by atoms with Crippen molar-refractivity contribution in [3.8, 4) is 0 Å². The Hall–Kier alpha value is -0.880. The number of hydrogen-bond acceptors (Lipinski definition) is 4. The molecule has 6 heteroatoms. The summed E-state index contributed by atoms with van der Waals surface area (Å²) in [6, 6.07) is 0.755. The van der Waals surface area contributed by atoms with E-state index in [0.717, 1.165) is 31.6 Å². The molecule has 2 heterocycles. The first-order valence-corrected chi connectivity index (χ1v) is 8.20. The molecule has 0 bridgehead atoms. The highest BCUT2D eigenvalue weighted by molar-refractivity contribution is 9.10. The van der Waals surface area contributed by atoms with Gasteiger partial charge in [0.15, 0.2) is 0 Å². The molecule has 0 aromatic carbocycles. The summed E-state index contributed by atoms with van der Waals surface area (Å²) < 4.78 is 2.18. The van der Waals surface area contributed by atoms with Crippen molar-refractivity contribution in [3.05, 3.63) is 21.0 Å². The van der Waals surface area contributed by atoms with Crippen LogP contribution in [-0.2, 0) is 6.54 Å². The molecule has 1 saturated heterocycles. The van der Waals surface area contributed by atoms with Crippen LogP contribution in [0.2, 0.25) is 0 Å². The quantitative estimate of drug-likeness (QED) is 0.879. The van der Waals surface area contributed by atoms with Crippen molar-refractivity contribution >= 4 is 21.6 Å². The Balaban J connectivity index is 1.75. The standard InChI is InChI=1S/C14H21BrN4O/c1-9-11(3-2-6-16-9)18-12-7-17-19(8-10-4-5-10)14(20)13(12)15/h7,9-11,16,18H,2-6,8H2,1H3. The zero-order valence-corrected chi connectivity index (χ0v) is 13.3. The monoisotopic (exact) mass is 340 g/mol. The van der Waals surface area contributed by atoms with Crippen molar-refractivity contribution in [2.45, 2.75) is 51.2 Å². The molecule has 2 fully saturated rings. The van der Waals surface area contributed by atoms with E-state index in [2.05, 4.69) is 38.6 Å². The van der Waals surface area contributed by atoms with Crippen LogP contribution in [0.25, 0.3) is 0 Å². The summed E-state index contributed by atoms with van der Waals surface area (Å²) in [6.07, 6.45) is 6.49. The van der Waals surface area contributed by atoms with Crippen molar-refractivity contribution in [2.24, 2.45) is 5.92 Å². The van der Waals surface area contributed by atoms with Crippen LogP contribution in [-0.4, -0.2) is 28.4 Å². The molecule has 2 N–H and O–H groups in total. The highest BCUT2D eigenvalue weighted by Crippen LogP contribution is 2.30. The van der Waals surface area contributed by atoms with E-state index < -0.39 is 0 Å². The van der Waals surface area contributed by atoms with Crippen LogP contribution in [0.3, 0.4) is 0 Å². The summed E-state index contributed by atoms with van der Waals surface area (Å²) in [4.78, 5) is 12.3. The first-order valence-electron chi connectivity index (χ1n) is 7.40. The van der Waals surface area contributed by atoms with E-state index in [1.165, 1.54) is 12.8 Å². The maximum atomic E-state index is 12.3. The van der Waals surface area contributed by atoms with Gasteiger partial charge < -0.3 is 10.6 Å². The molecule has 1 saturated carbocycles. The molecule has 1 aliphatic carbocycles. The second kappa shape index (κ2) is 5.85. The lowest BCUT2D eigenvalue weighted by atomic mass is 10.00. The molecule has 0 amide bonds. The second-order valence-corrected chi connectivity index (χ2v) is 6.73. The van der Waals surface area contributed by atoms with Crippen LogP contribution in [0, 0.1) is 5.92 Å². The first kappa shape index (κ1) is 14.1. The van der Waals surface area contributed by atoms with E-state index in [1.54, 1.807) is 10.9 Å². The molecule has 5 nitrogen and oxygen atoms in total. The molecule has 0 spiro atoms. The second-order valence-electron chi connectivity index (χ2n) is 5.94. The number of anilines is 1. The molecule has 2 aliphatic rings. The van der Waals surface area contributed by atoms with E-state index in [1.807, 2.05) is 0 Å². The van der Waals surface area contributed by atoms with Gasteiger partial charge in [0.2, 0.25) is 0 Å². The molecule has 0 radical (unpaired) electrons. The summed E-state index contributed by atoms with van der Waals surface area (Å²) in [5.41, 5.74) is 0.779. The van der Waals surface area contributed by atoms with Gasteiger partial charge in [-0.3, -0.25) is 4.79 Å². The molecule has 3 rings (SSSR count). The Morgan fingerprint density at radius 1 is 1.50 bits per heavy atom. The molecule has 110 valence electrons. The minimum absolute atomic E-state index is 0.0293. The number of hydrogen-bond donors (Lipinski definition) is 2. The lowest BCUT2D eigenvalue weighted by Crippen LogP contribution is -2.46. The number of aromatic nitrogens is 2. The van der Waals surface area contributed by atoms with Crippen LogP contribution >= 0.6 is 15.9 Å². The van der Waals surface area contributed by atoms with Crippen LogP contribution in [0.5, 0.6) is 0 Å². The number of nitrogens with one attached hydrogen (secondary N) is 2. The third kappa shape index (κ3) is 3.06. The third-order valence-electron chi connectivity index (χ3n) is 4.22. The fraction of sp³-hybridized carbons (Fsp3) is 0.714. The Labute approximate surface area is 127 Å². The molecule has 1 aliphatic heterocycles.